The molecule has 0 aromatic heterocycles. The topological polar surface area (TPSA) is 47.6 Å². The maximum atomic E-state index is 12.2. The number of carbonyl (C=O) groups is 1. The van der Waals surface area contributed by atoms with Crippen molar-refractivity contribution in [2.24, 2.45) is 0 Å². The van der Waals surface area contributed by atoms with Gasteiger partial charge in [0.05, 0.1) is 13.2 Å². The number of hydrogen-bond acceptors (Lipinski definition) is 3. The molecule has 0 aliphatic carbocycles. The normalized spacial score (nSPS) is 10.8. The Kier molecular flexibility index (Phi) is 9.70. The number of anilines is 1. The van der Waals surface area contributed by atoms with Crippen LogP contribution in [0.15, 0.2) is 54.6 Å². The summed E-state index contributed by atoms with van der Waals surface area (Å²) in [6.45, 7) is 5.51. The van der Waals surface area contributed by atoms with Crippen LogP contribution in [0.4, 0.5) is 5.69 Å². The highest BCUT2D eigenvalue weighted by Crippen LogP contribution is 2.18. The zero-order valence-electron chi connectivity index (χ0n) is 16.9. The molecule has 0 atom stereocenters. The molecule has 150 valence electrons. The van der Waals surface area contributed by atoms with Crippen molar-refractivity contribution < 1.29 is 14.3 Å². The van der Waals surface area contributed by atoms with Crippen LogP contribution in [0.3, 0.4) is 0 Å². The first-order valence-electron chi connectivity index (χ1n) is 10.2. The summed E-state index contributed by atoms with van der Waals surface area (Å²) in [5.74, 6) is 1.43. The SMILES string of the molecule is CCCCCCCOc1cccc(NC(=O)/C=C/c2ccc(OCC)cc2)c1. The summed E-state index contributed by atoms with van der Waals surface area (Å²) in [6, 6.07) is 15.1. The Morgan fingerprint density at radius 3 is 2.46 bits per heavy atom. The van der Waals surface area contributed by atoms with E-state index < -0.39 is 0 Å². The van der Waals surface area contributed by atoms with Gasteiger partial charge in [-0.1, -0.05) is 50.8 Å². The molecule has 0 bridgehead atoms. The molecule has 4 heteroatoms. The molecule has 0 saturated carbocycles. The van der Waals surface area contributed by atoms with Crippen LogP contribution >= 0.6 is 0 Å². The first kappa shape index (κ1) is 21.5. The van der Waals surface area contributed by atoms with Crippen LogP contribution in [0, 0.1) is 0 Å². The van der Waals surface area contributed by atoms with Crippen LogP contribution in [0.1, 0.15) is 51.5 Å². The van der Waals surface area contributed by atoms with E-state index in [1.807, 2.05) is 55.5 Å². The molecule has 2 rings (SSSR count). The molecular formula is C24H31NO3. The summed E-state index contributed by atoms with van der Waals surface area (Å²) in [4.78, 5) is 12.2. The molecule has 0 fully saturated rings. The number of amides is 1. The summed E-state index contributed by atoms with van der Waals surface area (Å²) in [5.41, 5.74) is 1.67. The van der Waals surface area contributed by atoms with E-state index in [9.17, 15) is 4.79 Å². The highest BCUT2D eigenvalue weighted by atomic mass is 16.5. The van der Waals surface area contributed by atoms with Crippen LogP contribution in [-0.4, -0.2) is 19.1 Å². The van der Waals surface area contributed by atoms with Gasteiger partial charge in [-0.3, -0.25) is 4.79 Å². The number of rotatable bonds is 12. The van der Waals surface area contributed by atoms with E-state index in [1.165, 1.54) is 31.8 Å². The summed E-state index contributed by atoms with van der Waals surface area (Å²) in [7, 11) is 0. The third-order valence-corrected chi connectivity index (χ3v) is 4.24. The van der Waals surface area contributed by atoms with Gasteiger partial charge in [0.2, 0.25) is 5.91 Å². The number of hydrogen-bond donors (Lipinski definition) is 1. The largest absolute Gasteiger partial charge is 0.494 e. The Hall–Kier alpha value is -2.75. The number of ether oxygens (including phenoxy) is 2. The molecular weight excluding hydrogens is 350 g/mol. The lowest BCUT2D eigenvalue weighted by molar-refractivity contribution is -0.111. The van der Waals surface area contributed by atoms with E-state index in [0.717, 1.165) is 29.2 Å². The number of carbonyl (C=O) groups excluding carboxylic acids is 1. The van der Waals surface area contributed by atoms with Gasteiger partial charge >= 0.3 is 0 Å². The molecule has 0 saturated heterocycles. The number of benzene rings is 2. The summed E-state index contributed by atoms with van der Waals surface area (Å²) < 4.78 is 11.2. The fourth-order valence-electron chi connectivity index (χ4n) is 2.76. The lowest BCUT2D eigenvalue weighted by atomic mass is 10.2. The quantitative estimate of drug-likeness (QED) is 0.358. The molecule has 0 spiro atoms. The third-order valence-electron chi connectivity index (χ3n) is 4.24. The average molecular weight is 382 g/mol. The van der Waals surface area contributed by atoms with Gasteiger partial charge in [0.1, 0.15) is 11.5 Å². The fourth-order valence-corrected chi connectivity index (χ4v) is 2.76. The van der Waals surface area contributed by atoms with E-state index >= 15 is 0 Å². The van der Waals surface area contributed by atoms with E-state index in [2.05, 4.69) is 12.2 Å². The minimum atomic E-state index is -0.175. The van der Waals surface area contributed by atoms with Gasteiger partial charge in [0.15, 0.2) is 0 Å². The minimum absolute atomic E-state index is 0.175. The van der Waals surface area contributed by atoms with Crippen molar-refractivity contribution in [3.05, 3.63) is 60.2 Å². The number of nitrogens with one attached hydrogen (secondary N) is 1. The Labute approximate surface area is 168 Å². The lowest BCUT2D eigenvalue weighted by Crippen LogP contribution is -2.08. The van der Waals surface area contributed by atoms with Crippen LogP contribution in [0.2, 0.25) is 0 Å². The van der Waals surface area contributed by atoms with E-state index in [0.29, 0.717) is 13.2 Å². The van der Waals surface area contributed by atoms with Crippen molar-refractivity contribution in [3.8, 4) is 11.5 Å². The van der Waals surface area contributed by atoms with Gasteiger partial charge < -0.3 is 14.8 Å². The summed E-state index contributed by atoms with van der Waals surface area (Å²) >= 11 is 0. The maximum absolute atomic E-state index is 12.2. The molecule has 0 radical (unpaired) electrons. The van der Waals surface area contributed by atoms with Gasteiger partial charge in [-0.15, -0.1) is 0 Å². The van der Waals surface area contributed by atoms with Gasteiger partial charge in [-0.2, -0.15) is 0 Å². The second kappa shape index (κ2) is 12.6. The third kappa shape index (κ3) is 8.30. The smallest absolute Gasteiger partial charge is 0.248 e. The summed E-state index contributed by atoms with van der Waals surface area (Å²) in [6.07, 6.45) is 9.35. The van der Waals surface area contributed by atoms with Gasteiger partial charge in [-0.05, 0) is 49.2 Å². The first-order valence-corrected chi connectivity index (χ1v) is 10.2. The van der Waals surface area contributed by atoms with Crippen LogP contribution in [0.5, 0.6) is 11.5 Å². The molecule has 1 amide bonds. The van der Waals surface area contributed by atoms with Crippen molar-refractivity contribution in [2.45, 2.75) is 46.0 Å². The molecule has 0 aliphatic heterocycles. The fraction of sp³-hybridized carbons (Fsp3) is 0.375. The monoisotopic (exact) mass is 381 g/mol. The van der Waals surface area contributed by atoms with Crippen molar-refractivity contribution in [1.29, 1.82) is 0 Å². The molecule has 0 heterocycles. The van der Waals surface area contributed by atoms with Crippen LogP contribution in [0.25, 0.3) is 6.08 Å². The van der Waals surface area contributed by atoms with E-state index in [4.69, 9.17) is 9.47 Å². The zero-order chi connectivity index (χ0) is 20.0. The van der Waals surface area contributed by atoms with E-state index in [1.54, 1.807) is 6.08 Å². The van der Waals surface area contributed by atoms with Gasteiger partial charge in [0, 0.05) is 17.8 Å². The molecule has 4 nitrogen and oxygen atoms in total. The summed E-state index contributed by atoms with van der Waals surface area (Å²) in [5, 5.41) is 2.87. The van der Waals surface area contributed by atoms with Crippen molar-refractivity contribution in [3.63, 3.8) is 0 Å². The molecule has 1 N–H and O–H groups in total. The molecule has 2 aromatic rings. The Bertz CT molecular complexity index is 738. The number of unbranched alkanes of at least 4 members (excludes halogenated alkanes) is 4. The van der Waals surface area contributed by atoms with E-state index in [-0.39, 0.29) is 5.91 Å². The Morgan fingerprint density at radius 2 is 1.71 bits per heavy atom. The molecule has 2 aromatic carbocycles. The van der Waals surface area contributed by atoms with Crippen LogP contribution < -0.4 is 14.8 Å². The van der Waals surface area contributed by atoms with Crippen molar-refractivity contribution in [2.75, 3.05) is 18.5 Å². The second-order valence-electron chi connectivity index (χ2n) is 6.62. The Morgan fingerprint density at radius 1 is 0.929 bits per heavy atom. The highest BCUT2D eigenvalue weighted by molar-refractivity contribution is 6.02. The molecule has 0 unspecified atom stereocenters. The zero-order valence-corrected chi connectivity index (χ0v) is 16.9. The predicted octanol–water partition coefficient (Wildman–Crippen LogP) is 6.09. The molecule has 0 aliphatic rings. The van der Waals surface area contributed by atoms with Crippen molar-refractivity contribution in [1.82, 2.24) is 0 Å². The highest BCUT2D eigenvalue weighted by Gasteiger charge is 2.01. The lowest BCUT2D eigenvalue weighted by Gasteiger charge is -2.08. The predicted molar refractivity (Wildman–Crippen MR) is 116 cm³/mol. The molecule has 28 heavy (non-hydrogen) atoms. The minimum Gasteiger partial charge on any atom is -0.494 e. The first-order chi connectivity index (χ1) is 13.7. The van der Waals surface area contributed by atoms with Gasteiger partial charge in [0.25, 0.3) is 0 Å². The van der Waals surface area contributed by atoms with Crippen molar-refractivity contribution >= 4 is 17.7 Å². The average Bonchev–Trinajstić information content (AvgIpc) is 2.71. The standard InChI is InChI=1S/C24H31NO3/c1-3-5-6-7-8-18-28-23-11-9-10-21(19-23)25-24(26)17-14-20-12-15-22(16-13-20)27-4-2/h9-17,19H,3-8,18H2,1-2H3,(H,25,26)/b17-14+. The van der Waals surface area contributed by atoms with Gasteiger partial charge in [-0.25, -0.2) is 0 Å². The second-order valence-corrected chi connectivity index (χ2v) is 6.62. The maximum Gasteiger partial charge on any atom is 0.248 e. The Balaban J connectivity index is 1.79. The van der Waals surface area contributed by atoms with Crippen LogP contribution in [-0.2, 0) is 4.79 Å².